The van der Waals surface area contributed by atoms with Crippen molar-refractivity contribution in [3.8, 4) is 0 Å². The van der Waals surface area contributed by atoms with Gasteiger partial charge in [-0.1, -0.05) is 12.7 Å². The molecule has 1 nitrogen and oxygen atoms in total. The van der Waals surface area contributed by atoms with Crippen LogP contribution in [0.5, 0.6) is 0 Å². The second-order valence-corrected chi connectivity index (χ2v) is 1.48. The zero-order valence-electron chi connectivity index (χ0n) is 4.95. The second-order valence-electron chi connectivity index (χ2n) is 1.48. The van der Waals surface area contributed by atoms with Gasteiger partial charge >= 0.3 is 0 Å². The van der Waals surface area contributed by atoms with Crippen LogP contribution in [0.4, 0.5) is 0 Å². The van der Waals surface area contributed by atoms with Crippen LogP contribution in [0, 0.1) is 0 Å². The topological polar surface area (TPSA) is 12.9 Å². The van der Waals surface area contributed by atoms with Crippen LogP contribution in [0.2, 0.25) is 0 Å². The van der Waals surface area contributed by atoms with Gasteiger partial charge in [-0.05, 0) is 17.7 Å². The maximum absolute atomic E-state index is 3.85. The Hall–Kier alpha value is -0.820. The van der Waals surface area contributed by atoms with Gasteiger partial charge in [0.05, 0.1) is 0 Å². The minimum Gasteiger partial charge on any atom is -0.265 e. The van der Waals surface area contributed by atoms with Crippen LogP contribution in [-0.2, 0) is 0 Å². The fourth-order valence-electron chi connectivity index (χ4n) is 0.500. The van der Waals surface area contributed by atoms with E-state index >= 15 is 0 Å². The first-order valence-electron chi connectivity index (χ1n) is 2.46. The molecule has 0 radical (unpaired) electrons. The fraction of sp³-hybridized carbons (Fsp3) is 0. The summed E-state index contributed by atoms with van der Waals surface area (Å²) in [7, 11) is 0. The summed E-state index contributed by atoms with van der Waals surface area (Å²) < 4.78 is 0. The highest BCUT2D eigenvalue weighted by Crippen LogP contribution is 1.94. The van der Waals surface area contributed by atoms with Crippen molar-refractivity contribution in [3.63, 3.8) is 0 Å². The number of aromatic nitrogens is 1. The van der Waals surface area contributed by atoms with E-state index in [1.807, 2.05) is 12.1 Å². The standard InChI is InChI=1S/C7H7N.ClH/c1-2-7-3-5-8-6-4-7;/h2-6H,1H2;1H. The van der Waals surface area contributed by atoms with Crippen LogP contribution in [-0.4, -0.2) is 4.98 Å². The molecule has 0 saturated heterocycles. The molecule has 0 amide bonds. The zero-order chi connectivity index (χ0) is 5.82. The molecule has 0 atom stereocenters. The first kappa shape index (κ1) is 8.18. The Morgan fingerprint density at radius 2 is 1.89 bits per heavy atom. The molecule has 0 aromatic carbocycles. The molecule has 0 spiro atoms. The molecule has 0 fully saturated rings. The molecular weight excluding hydrogens is 134 g/mol. The highest BCUT2D eigenvalue weighted by atomic mass is 35.5. The van der Waals surface area contributed by atoms with Gasteiger partial charge in [0, 0.05) is 12.4 Å². The zero-order valence-corrected chi connectivity index (χ0v) is 5.77. The third kappa shape index (κ3) is 2.29. The normalized spacial score (nSPS) is 7.56. The minimum atomic E-state index is 0. The number of hydrogen-bond acceptors (Lipinski definition) is 1. The lowest BCUT2D eigenvalue weighted by Gasteiger charge is -1.84. The largest absolute Gasteiger partial charge is 0.265 e. The molecule has 1 rings (SSSR count). The average Bonchev–Trinajstić information content (AvgIpc) is 1.90. The van der Waals surface area contributed by atoms with E-state index in [4.69, 9.17) is 0 Å². The first-order valence-corrected chi connectivity index (χ1v) is 2.46. The van der Waals surface area contributed by atoms with E-state index < -0.39 is 0 Å². The van der Waals surface area contributed by atoms with Gasteiger partial charge < -0.3 is 0 Å². The third-order valence-corrected chi connectivity index (χ3v) is 0.942. The van der Waals surface area contributed by atoms with E-state index in [0.29, 0.717) is 0 Å². The van der Waals surface area contributed by atoms with Crippen molar-refractivity contribution in [1.82, 2.24) is 4.98 Å². The number of pyridine rings is 1. The van der Waals surface area contributed by atoms with E-state index in [2.05, 4.69) is 11.6 Å². The Kier molecular flexibility index (Phi) is 3.72. The summed E-state index contributed by atoms with van der Waals surface area (Å²) in [5.41, 5.74) is 1.11. The number of rotatable bonds is 1. The van der Waals surface area contributed by atoms with Crippen molar-refractivity contribution in [2.75, 3.05) is 0 Å². The maximum Gasteiger partial charge on any atom is 0.0273 e. The lowest BCUT2D eigenvalue weighted by molar-refractivity contribution is 1.32. The van der Waals surface area contributed by atoms with Crippen LogP contribution in [0.15, 0.2) is 31.1 Å². The van der Waals surface area contributed by atoms with Crippen LogP contribution in [0.3, 0.4) is 0 Å². The van der Waals surface area contributed by atoms with E-state index in [-0.39, 0.29) is 12.4 Å². The molecule has 9 heavy (non-hydrogen) atoms. The number of halogens is 1. The maximum atomic E-state index is 3.85. The summed E-state index contributed by atoms with van der Waals surface area (Å²) in [5, 5.41) is 0. The van der Waals surface area contributed by atoms with E-state index in [0.717, 1.165) is 5.56 Å². The Morgan fingerprint density at radius 3 is 2.22 bits per heavy atom. The summed E-state index contributed by atoms with van der Waals surface area (Å²) in [6.45, 7) is 3.60. The van der Waals surface area contributed by atoms with Gasteiger partial charge in [-0.3, -0.25) is 4.98 Å². The molecule has 0 bridgehead atoms. The van der Waals surface area contributed by atoms with Gasteiger partial charge in [-0.25, -0.2) is 0 Å². The summed E-state index contributed by atoms with van der Waals surface area (Å²) in [6, 6.07) is 3.82. The van der Waals surface area contributed by atoms with Crippen molar-refractivity contribution >= 4 is 18.5 Å². The summed E-state index contributed by atoms with van der Waals surface area (Å²) >= 11 is 0. The van der Waals surface area contributed by atoms with Gasteiger partial charge in [0.15, 0.2) is 0 Å². The van der Waals surface area contributed by atoms with E-state index in [1.165, 1.54) is 0 Å². The van der Waals surface area contributed by atoms with Gasteiger partial charge in [0.1, 0.15) is 0 Å². The summed E-state index contributed by atoms with van der Waals surface area (Å²) in [5.74, 6) is 0. The second kappa shape index (κ2) is 4.10. The highest BCUT2D eigenvalue weighted by molar-refractivity contribution is 5.85. The Labute approximate surface area is 60.8 Å². The van der Waals surface area contributed by atoms with Gasteiger partial charge in [-0.15, -0.1) is 12.4 Å². The van der Waals surface area contributed by atoms with E-state index in [1.54, 1.807) is 18.5 Å². The highest BCUT2D eigenvalue weighted by Gasteiger charge is 1.76. The minimum absolute atomic E-state index is 0. The van der Waals surface area contributed by atoms with Gasteiger partial charge in [-0.2, -0.15) is 0 Å². The third-order valence-electron chi connectivity index (χ3n) is 0.942. The molecular formula is C7H8ClN. The Balaban J connectivity index is 0.000000640. The summed E-state index contributed by atoms with van der Waals surface area (Å²) in [4.78, 5) is 3.85. The van der Waals surface area contributed by atoms with Crippen LogP contribution in [0.25, 0.3) is 6.08 Å². The first-order chi connectivity index (χ1) is 3.93. The number of hydrogen-bond donors (Lipinski definition) is 0. The quantitative estimate of drug-likeness (QED) is 0.584. The fourth-order valence-corrected chi connectivity index (χ4v) is 0.500. The SMILES string of the molecule is C=Cc1ccncc1.Cl. The lowest BCUT2D eigenvalue weighted by Crippen LogP contribution is -1.69. The Morgan fingerprint density at radius 1 is 1.33 bits per heavy atom. The molecule has 0 saturated carbocycles. The van der Waals surface area contributed by atoms with E-state index in [9.17, 15) is 0 Å². The molecule has 0 aliphatic carbocycles. The Bertz CT molecular complexity index is 172. The van der Waals surface area contributed by atoms with Gasteiger partial charge in [0.2, 0.25) is 0 Å². The van der Waals surface area contributed by atoms with Crippen LogP contribution < -0.4 is 0 Å². The molecule has 0 aliphatic heterocycles. The molecule has 0 N–H and O–H groups in total. The monoisotopic (exact) mass is 141 g/mol. The van der Waals surface area contributed by atoms with Crippen molar-refractivity contribution in [3.05, 3.63) is 36.7 Å². The molecule has 2 heteroatoms. The predicted molar refractivity (Wildman–Crippen MR) is 41.6 cm³/mol. The van der Waals surface area contributed by atoms with Crippen molar-refractivity contribution in [1.29, 1.82) is 0 Å². The van der Waals surface area contributed by atoms with Crippen LogP contribution in [0.1, 0.15) is 5.56 Å². The smallest absolute Gasteiger partial charge is 0.0273 e. The number of nitrogens with zero attached hydrogens (tertiary/aromatic N) is 1. The molecule has 0 unspecified atom stereocenters. The van der Waals surface area contributed by atoms with Crippen molar-refractivity contribution in [2.45, 2.75) is 0 Å². The molecule has 0 aliphatic rings. The average molecular weight is 142 g/mol. The van der Waals surface area contributed by atoms with Gasteiger partial charge in [0.25, 0.3) is 0 Å². The molecule has 1 aromatic heterocycles. The van der Waals surface area contributed by atoms with Crippen molar-refractivity contribution in [2.24, 2.45) is 0 Å². The van der Waals surface area contributed by atoms with Crippen molar-refractivity contribution < 1.29 is 0 Å². The summed E-state index contributed by atoms with van der Waals surface area (Å²) in [6.07, 6.45) is 5.29. The lowest BCUT2D eigenvalue weighted by atomic mass is 10.3. The molecule has 1 heterocycles. The molecule has 1 aromatic rings. The predicted octanol–water partition coefficient (Wildman–Crippen LogP) is 2.15. The van der Waals surface area contributed by atoms with Crippen LogP contribution >= 0.6 is 12.4 Å². The molecule has 48 valence electrons.